The largest absolute Gasteiger partial charge is 0.474 e. The molecule has 0 aromatic carbocycles. The summed E-state index contributed by atoms with van der Waals surface area (Å²) in [6, 6.07) is 2.33. The summed E-state index contributed by atoms with van der Waals surface area (Å²) in [5, 5.41) is 3.45. The van der Waals surface area contributed by atoms with Gasteiger partial charge in [0.2, 0.25) is 5.88 Å². The molecule has 3 atom stereocenters. The van der Waals surface area contributed by atoms with Crippen molar-refractivity contribution >= 4 is 0 Å². The average Bonchev–Trinajstić information content (AvgIpc) is 2.45. The Balaban J connectivity index is 1.84. The molecule has 1 saturated carbocycles. The van der Waals surface area contributed by atoms with E-state index in [0.717, 1.165) is 38.4 Å². The predicted molar refractivity (Wildman–Crippen MR) is 85.8 cm³/mol. The first-order chi connectivity index (χ1) is 11.1. The molecule has 1 aliphatic heterocycles. The Bertz CT molecular complexity index is 589. The van der Waals surface area contributed by atoms with Gasteiger partial charge in [-0.2, -0.15) is 13.2 Å². The van der Waals surface area contributed by atoms with Crippen molar-refractivity contribution in [1.29, 1.82) is 0 Å². The molecule has 1 aliphatic carbocycles. The van der Waals surface area contributed by atoms with E-state index in [9.17, 15) is 13.2 Å². The molecule has 1 N–H and O–H groups in total. The van der Waals surface area contributed by atoms with Gasteiger partial charge in [-0.3, -0.25) is 0 Å². The normalized spacial score (nSPS) is 30.9. The van der Waals surface area contributed by atoms with Gasteiger partial charge in [0.25, 0.3) is 0 Å². The molecule has 134 valence electrons. The lowest BCUT2D eigenvalue weighted by Gasteiger charge is -2.61. The van der Waals surface area contributed by atoms with Crippen LogP contribution in [-0.2, 0) is 6.18 Å². The van der Waals surface area contributed by atoms with Crippen molar-refractivity contribution in [2.75, 3.05) is 13.1 Å². The Labute approximate surface area is 141 Å². The van der Waals surface area contributed by atoms with Crippen molar-refractivity contribution in [2.45, 2.75) is 52.3 Å². The van der Waals surface area contributed by atoms with E-state index in [2.05, 4.69) is 31.1 Å². The number of piperidine rings is 1. The van der Waals surface area contributed by atoms with Crippen LogP contribution < -0.4 is 10.1 Å². The molecule has 3 rings (SSSR count). The second-order valence-electron chi connectivity index (χ2n) is 8.20. The van der Waals surface area contributed by atoms with E-state index < -0.39 is 11.7 Å². The average molecular weight is 342 g/mol. The quantitative estimate of drug-likeness (QED) is 0.871. The lowest BCUT2D eigenvalue weighted by atomic mass is 9.48. The van der Waals surface area contributed by atoms with E-state index in [1.54, 1.807) is 0 Å². The van der Waals surface area contributed by atoms with Gasteiger partial charge in [0, 0.05) is 18.7 Å². The third-order valence-electron chi connectivity index (χ3n) is 5.42. The van der Waals surface area contributed by atoms with Gasteiger partial charge < -0.3 is 10.1 Å². The smallest absolute Gasteiger partial charge is 0.421 e. The highest BCUT2D eigenvalue weighted by Gasteiger charge is 2.59. The number of aromatic nitrogens is 1. The van der Waals surface area contributed by atoms with E-state index in [1.807, 2.05) is 0 Å². The summed E-state index contributed by atoms with van der Waals surface area (Å²) in [6.07, 6.45) is -0.314. The highest BCUT2D eigenvalue weighted by atomic mass is 19.4. The van der Waals surface area contributed by atoms with Crippen LogP contribution in [0.3, 0.4) is 0 Å². The fourth-order valence-corrected chi connectivity index (χ4v) is 4.74. The number of rotatable bonds is 2. The van der Waals surface area contributed by atoms with Crippen LogP contribution in [0.1, 0.15) is 45.6 Å². The third-order valence-corrected chi connectivity index (χ3v) is 5.42. The molecule has 2 heterocycles. The van der Waals surface area contributed by atoms with Gasteiger partial charge >= 0.3 is 6.18 Å². The molecule has 0 bridgehead atoms. The molecule has 0 amide bonds. The summed E-state index contributed by atoms with van der Waals surface area (Å²) in [5.74, 6) is -0.0799. The van der Waals surface area contributed by atoms with Gasteiger partial charge in [-0.05, 0) is 48.8 Å². The van der Waals surface area contributed by atoms with Gasteiger partial charge in [0.05, 0.1) is 0 Å². The fraction of sp³-hybridized carbons (Fsp3) is 0.722. The van der Waals surface area contributed by atoms with Crippen molar-refractivity contribution in [2.24, 2.45) is 16.7 Å². The van der Waals surface area contributed by atoms with Gasteiger partial charge in [0.15, 0.2) is 0 Å². The molecule has 3 nitrogen and oxygen atoms in total. The van der Waals surface area contributed by atoms with Crippen molar-refractivity contribution < 1.29 is 17.9 Å². The summed E-state index contributed by atoms with van der Waals surface area (Å²) >= 11 is 0. The van der Waals surface area contributed by atoms with Crippen LogP contribution in [0.25, 0.3) is 0 Å². The number of hydrogen-bond donors (Lipinski definition) is 1. The molecule has 1 spiro atoms. The molecule has 24 heavy (non-hydrogen) atoms. The number of pyridine rings is 1. The van der Waals surface area contributed by atoms with Gasteiger partial charge in [0.1, 0.15) is 11.7 Å². The molecular weight excluding hydrogens is 317 g/mol. The highest BCUT2D eigenvalue weighted by molar-refractivity contribution is 5.29. The van der Waals surface area contributed by atoms with Gasteiger partial charge in [-0.25, -0.2) is 4.98 Å². The number of nitrogens with zero attached hydrogens (tertiary/aromatic N) is 1. The van der Waals surface area contributed by atoms with Crippen molar-refractivity contribution in [1.82, 2.24) is 10.3 Å². The van der Waals surface area contributed by atoms with E-state index in [4.69, 9.17) is 4.74 Å². The highest BCUT2D eigenvalue weighted by Crippen LogP contribution is 2.59. The first-order valence-corrected chi connectivity index (χ1v) is 8.53. The first-order valence-electron chi connectivity index (χ1n) is 8.53. The molecule has 2 fully saturated rings. The van der Waals surface area contributed by atoms with E-state index >= 15 is 0 Å². The van der Waals surface area contributed by atoms with E-state index in [0.29, 0.717) is 0 Å². The minimum atomic E-state index is -4.45. The van der Waals surface area contributed by atoms with Crippen LogP contribution in [0, 0.1) is 16.7 Å². The Morgan fingerprint density at radius 3 is 2.62 bits per heavy atom. The van der Waals surface area contributed by atoms with Crippen LogP contribution in [0.2, 0.25) is 0 Å². The Hall–Kier alpha value is -1.30. The Kier molecular flexibility index (Phi) is 4.31. The Morgan fingerprint density at radius 1 is 1.29 bits per heavy atom. The maximum absolute atomic E-state index is 13.2. The maximum atomic E-state index is 13.2. The van der Waals surface area contributed by atoms with Crippen LogP contribution >= 0.6 is 0 Å². The standard InChI is InChI=1S/C18H25F3N2O/c1-16(2,3)14-13(10-17(14)7-5-8-22-11-17)24-15-12(18(19,20)21)6-4-9-23-15/h4,6,9,13-14,22H,5,7-8,10-11H2,1-3H3. The molecule has 1 saturated heterocycles. The second kappa shape index (κ2) is 5.90. The van der Waals surface area contributed by atoms with Crippen LogP contribution in [-0.4, -0.2) is 24.2 Å². The second-order valence-corrected chi connectivity index (χ2v) is 8.20. The van der Waals surface area contributed by atoms with Crippen molar-refractivity contribution in [3.8, 4) is 5.88 Å². The molecular formula is C18H25F3N2O. The number of halogens is 3. The minimum Gasteiger partial charge on any atom is -0.474 e. The van der Waals surface area contributed by atoms with Gasteiger partial charge in [-0.15, -0.1) is 0 Å². The van der Waals surface area contributed by atoms with Crippen molar-refractivity contribution in [3.05, 3.63) is 23.9 Å². The van der Waals surface area contributed by atoms with Crippen molar-refractivity contribution in [3.63, 3.8) is 0 Å². The summed E-state index contributed by atoms with van der Waals surface area (Å²) < 4.78 is 45.3. The topological polar surface area (TPSA) is 34.1 Å². The lowest BCUT2D eigenvalue weighted by molar-refractivity contribution is -0.161. The zero-order chi connectivity index (χ0) is 17.6. The first kappa shape index (κ1) is 17.5. The Morgan fingerprint density at radius 2 is 2.04 bits per heavy atom. The molecule has 6 heteroatoms. The number of alkyl halides is 3. The van der Waals surface area contributed by atoms with Crippen LogP contribution in [0.5, 0.6) is 5.88 Å². The van der Waals surface area contributed by atoms with E-state index in [1.165, 1.54) is 12.3 Å². The van der Waals surface area contributed by atoms with Crippen LogP contribution in [0.4, 0.5) is 13.2 Å². The molecule has 1 aromatic heterocycles. The molecule has 2 aliphatic rings. The van der Waals surface area contributed by atoms with Gasteiger partial charge in [-0.1, -0.05) is 20.8 Å². The summed E-state index contributed by atoms with van der Waals surface area (Å²) in [6.45, 7) is 8.37. The van der Waals surface area contributed by atoms with Crippen LogP contribution in [0.15, 0.2) is 18.3 Å². The zero-order valence-electron chi connectivity index (χ0n) is 14.4. The summed E-state index contributed by atoms with van der Waals surface area (Å²) in [4.78, 5) is 3.86. The third kappa shape index (κ3) is 3.13. The van der Waals surface area contributed by atoms with E-state index in [-0.39, 0.29) is 28.7 Å². The molecule has 0 radical (unpaired) electrons. The predicted octanol–water partition coefficient (Wildman–Crippen LogP) is 4.28. The fourth-order valence-electron chi connectivity index (χ4n) is 4.74. The minimum absolute atomic E-state index is 0.0326. The number of hydrogen-bond acceptors (Lipinski definition) is 3. The maximum Gasteiger partial charge on any atom is 0.421 e. The lowest BCUT2D eigenvalue weighted by Crippen LogP contribution is -2.64. The monoisotopic (exact) mass is 342 g/mol. The molecule has 3 unspecified atom stereocenters. The zero-order valence-corrected chi connectivity index (χ0v) is 14.4. The SMILES string of the molecule is CC(C)(C)C1C(Oc2ncccc2C(F)(F)F)CC12CCCNC2. The number of nitrogens with one attached hydrogen (secondary N) is 1. The molecule has 1 aromatic rings. The number of ether oxygens (including phenoxy) is 1. The summed E-state index contributed by atoms with van der Waals surface area (Å²) in [5.41, 5.74) is -0.691. The summed E-state index contributed by atoms with van der Waals surface area (Å²) in [7, 11) is 0.